The van der Waals surface area contributed by atoms with Crippen LogP contribution < -0.4 is 4.90 Å². The Balaban J connectivity index is 1.12. The highest BCUT2D eigenvalue weighted by Gasteiger charge is 2.40. The molecule has 0 spiro atoms. The fraction of sp³-hybridized carbons (Fsp3) is 0.308. The molecule has 1 atom stereocenters. The molecule has 3 aromatic rings. The van der Waals surface area contributed by atoms with E-state index in [2.05, 4.69) is 33.4 Å². The number of thiazole rings is 1. The molecule has 0 N–H and O–H groups in total. The van der Waals surface area contributed by atoms with Gasteiger partial charge >= 0.3 is 0 Å². The van der Waals surface area contributed by atoms with Crippen molar-refractivity contribution < 1.29 is 14.4 Å². The van der Waals surface area contributed by atoms with Crippen LogP contribution in [0.5, 0.6) is 0 Å². The number of halogens is 1. The highest BCUT2D eigenvalue weighted by Crippen LogP contribution is 2.34. The van der Waals surface area contributed by atoms with E-state index < -0.39 is 5.25 Å². The first-order valence-electron chi connectivity index (χ1n) is 11.5. The Bertz CT molecular complexity index is 1240. The van der Waals surface area contributed by atoms with Gasteiger partial charge in [0.05, 0.1) is 27.4 Å². The highest BCUT2D eigenvalue weighted by atomic mass is 79.9. The van der Waals surface area contributed by atoms with Gasteiger partial charge in [0.2, 0.25) is 17.7 Å². The minimum Gasteiger partial charge on any atom is -0.342 e. The van der Waals surface area contributed by atoms with Gasteiger partial charge in [0.15, 0.2) is 0 Å². The third kappa shape index (κ3) is 5.37. The molecule has 1 aromatic heterocycles. The molecule has 3 heterocycles. The topological polar surface area (TPSA) is 70.6 Å². The van der Waals surface area contributed by atoms with Gasteiger partial charge in [-0.25, -0.2) is 9.88 Å². The smallest absolute Gasteiger partial charge is 0.247 e. The normalized spacial score (nSPS) is 18.9. The maximum absolute atomic E-state index is 12.8. The van der Waals surface area contributed by atoms with E-state index in [0.717, 1.165) is 33.6 Å². The summed E-state index contributed by atoms with van der Waals surface area (Å²) in [5.41, 5.74) is 2.67. The third-order valence-electron chi connectivity index (χ3n) is 6.37. The van der Waals surface area contributed by atoms with Crippen LogP contribution in [0.2, 0.25) is 0 Å². The summed E-state index contributed by atoms with van der Waals surface area (Å²) in [5.74, 6) is 0.147. The zero-order chi connectivity index (χ0) is 24.4. The number of likely N-dealkylation sites (tertiary alicyclic amines) is 1. The number of aromatic nitrogens is 1. The van der Waals surface area contributed by atoms with Crippen LogP contribution in [0.15, 0.2) is 64.5 Å². The molecule has 0 bridgehead atoms. The second-order valence-corrected chi connectivity index (χ2v) is 11.6. The SMILES string of the molecule is O=C(CSC1CC(=O)N(c2ccccc2)C1=O)N1CCC(c2nc(-c3cccc(Br)c3)cs2)CC1. The van der Waals surface area contributed by atoms with Crippen LogP contribution in [0.1, 0.15) is 30.2 Å². The van der Waals surface area contributed by atoms with Crippen molar-refractivity contribution >= 4 is 62.4 Å². The Morgan fingerprint density at radius 1 is 1.09 bits per heavy atom. The van der Waals surface area contributed by atoms with Crippen LogP contribution in [0.25, 0.3) is 11.3 Å². The number of piperidine rings is 1. The van der Waals surface area contributed by atoms with Gasteiger partial charge in [0.1, 0.15) is 0 Å². The summed E-state index contributed by atoms with van der Waals surface area (Å²) in [5, 5.41) is 2.72. The number of imide groups is 1. The second-order valence-electron chi connectivity index (χ2n) is 8.64. The van der Waals surface area contributed by atoms with Gasteiger partial charge in [0.25, 0.3) is 0 Å². The monoisotopic (exact) mass is 569 g/mol. The number of hydrogen-bond acceptors (Lipinski definition) is 6. The lowest BCUT2D eigenvalue weighted by Crippen LogP contribution is -2.39. The zero-order valence-corrected chi connectivity index (χ0v) is 22.2. The van der Waals surface area contributed by atoms with Gasteiger partial charge in [0, 0.05) is 40.8 Å². The van der Waals surface area contributed by atoms with Crippen molar-refractivity contribution in [3.8, 4) is 11.3 Å². The number of nitrogens with zero attached hydrogens (tertiary/aromatic N) is 3. The minimum atomic E-state index is -0.504. The lowest BCUT2D eigenvalue weighted by Gasteiger charge is -2.31. The van der Waals surface area contributed by atoms with Gasteiger partial charge in [-0.05, 0) is 37.1 Å². The standard InChI is InChI=1S/C26H24BrN3O3S2/c27-19-6-4-5-18(13-19)21-15-35-25(28-21)17-9-11-29(12-10-17)24(32)16-34-22-14-23(31)30(26(22)33)20-7-2-1-3-8-20/h1-8,13,15,17,22H,9-12,14,16H2. The van der Waals surface area contributed by atoms with E-state index in [4.69, 9.17) is 4.98 Å². The van der Waals surface area contributed by atoms with E-state index in [1.165, 1.54) is 16.7 Å². The summed E-state index contributed by atoms with van der Waals surface area (Å²) < 4.78 is 1.03. The molecule has 2 saturated heterocycles. The van der Waals surface area contributed by atoms with Crippen LogP contribution in [0.4, 0.5) is 5.69 Å². The van der Waals surface area contributed by atoms with E-state index in [1.807, 2.05) is 23.1 Å². The van der Waals surface area contributed by atoms with E-state index in [-0.39, 0.29) is 29.9 Å². The van der Waals surface area contributed by atoms with Crippen LogP contribution >= 0.6 is 39.0 Å². The molecule has 3 amide bonds. The minimum absolute atomic E-state index is 0.0285. The van der Waals surface area contributed by atoms with Crippen molar-refractivity contribution in [3.63, 3.8) is 0 Å². The Kier molecular flexibility index (Phi) is 7.36. The van der Waals surface area contributed by atoms with Crippen molar-refractivity contribution in [2.45, 2.75) is 30.4 Å². The number of benzene rings is 2. The van der Waals surface area contributed by atoms with E-state index in [9.17, 15) is 14.4 Å². The Morgan fingerprint density at radius 2 is 1.86 bits per heavy atom. The maximum Gasteiger partial charge on any atom is 0.247 e. The largest absolute Gasteiger partial charge is 0.342 e. The average Bonchev–Trinajstić information content (AvgIpc) is 3.48. The zero-order valence-electron chi connectivity index (χ0n) is 18.9. The molecule has 9 heteroatoms. The number of amides is 3. The molecule has 180 valence electrons. The summed E-state index contributed by atoms with van der Waals surface area (Å²) in [7, 11) is 0. The molecular formula is C26H24BrN3O3S2. The van der Waals surface area contributed by atoms with Gasteiger partial charge in [-0.3, -0.25) is 14.4 Å². The van der Waals surface area contributed by atoms with Crippen molar-refractivity contribution in [2.24, 2.45) is 0 Å². The van der Waals surface area contributed by atoms with Gasteiger partial charge in [-0.15, -0.1) is 23.1 Å². The van der Waals surface area contributed by atoms with Gasteiger partial charge < -0.3 is 4.90 Å². The van der Waals surface area contributed by atoms with E-state index in [1.54, 1.807) is 35.6 Å². The van der Waals surface area contributed by atoms with Crippen molar-refractivity contribution in [1.82, 2.24) is 9.88 Å². The van der Waals surface area contributed by atoms with Gasteiger partial charge in [-0.1, -0.05) is 46.3 Å². The molecule has 5 rings (SSSR count). The number of anilines is 1. The molecule has 6 nitrogen and oxygen atoms in total. The fourth-order valence-corrected chi connectivity index (χ4v) is 6.91. The first-order valence-corrected chi connectivity index (χ1v) is 14.2. The van der Waals surface area contributed by atoms with Crippen molar-refractivity contribution in [3.05, 3.63) is 69.5 Å². The molecule has 2 aliphatic rings. The molecule has 0 saturated carbocycles. The third-order valence-corrected chi connectivity index (χ3v) is 9.05. The molecule has 0 aliphatic carbocycles. The van der Waals surface area contributed by atoms with Crippen molar-refractivity contribution in [2.75, 3.05) is 23.7 Å². The molecule has 2 aromatic carbocycles. The Morgan fingerprint density at radius 3 is 2.60 bits per heavy atom. The number of para-hydroxylation sites is 1. The summed E-state index contributed by atoms with van der Waals surface area (Å²) in [6.45, 7) is 1.37. The number of carbonyl (C=O) groups is 3. The fourth-order valence-electron chi connectivity index (χ4n) is 4.48. The van der Waals surface area contributed by atoms with Gasteiger partial charge in [-0.2, -0.15) is 0 Å². The molecular weight excluding hydrogens is 546 g/mol. The van der Waals surface area contributed by atoms with E-state index in [0.29, 0.717) is 24.7 Å². The quantitative estimate of drug-likeness (QED) is 0.374. The average molecular weight is 571 g/mol. The molecule has 1 unspecified atom stereocenters. The lowest BCUT2D eigenvalue weighted by molar-refractivity contribution is -0.129. The first-order chi connectivity index (χ1) is 17.0. The summed E-state index contributed by atoms with van der Waals surface area (Å²) >= 11 is 6.48. The number of thioether (sulfide) groups is 1. The van der Waals surface area contributed by atoms with E-state index >= 15 is 0 Å². The second kappa shape index (κ2) is 10.6. The maximum atomic E-state index is 12.8. The predicted molar refractivity (Wildman–Crippen MR) is 144 cm³/mol. The Labute approximate surface area is 220 Å². The van der Waals surface area contributed by atoms with Crippen LogP contribution in [-0.4, -0.2) is 51.7 Å². The molecule has 2 aliphatic heterocycles. The molecule has 2 fully saturated rings. The van der Waals surface area contributed by atoms with Crippen LogP contribution in [-0.2, 0) is 14.4 Å². The van der Waals surface area contributed by atoms with Crippen LogP contribution in [0, 0.1) is 0 Å². The van der Waals surface area contributed by atoms with Crippen molar-refractivity contribution in [1.29, 1.82) is 0 Å². The Hall–Kier alpha value is -2.49. The summed E-state index contributed by atoms with van der Waals surface area (Å²) in [6, 6.07) is 17.1. The highest BCUT2D eigenvalue weighted by molar-refractivity contribution is 9.10. The number of carbonyl (C=O) groups excluding carboxylic acids is 3. The lowest BCUT2D eigenvalue weighted by atomic mass is 9.97. The summed E-state index contributed by atoms with van der Waals surface area (Å²) in [4.78, 5) is 46.0. The predicted octanol–water partition coefficient (Wildman–Crippen LogP) is 5.34. The number of rotatable bonds is 6. The number of hydrogen-bond donors (Lipinski definition) is 0. The first kappa shape index (κ1) is 24.2. The summed E-state index contributed by atoms with van der Waals surface area (Å²) in [6.07, 6.45) is 1.90. The molecule has 0 radical (unpaired) electrons. The molecule has 35 heavy (non-hydrogen) atoms. The van der Waals surface area contributed by atoms with Crippen LogP contribution in [0.3, 0.4) is 0 Å².